The summed E-state index contributed by atoms with van der Waals surface area (Å²) in [4.78, 5) is 0.913. The highest BCUT2D eigenvalue weighted by Gasteiger charge is 2.20. The molecule has 1 N–H and O–H groups in total. The molecule has 1 aromatic heterocycles. The van der Waals surface area contributed by atoms with E-state index in [2.05, 4.69) is 17.9 Å². The summed E-state index contributed by atoms with van der Waals surface area (Å²) in [5.74, 6) is 6.10. The van der Waals surface area contributed by atoms with Crippen molar-refractivity contribution in [1.29, 1.82) is 0 Å². The van der Waals surface area contributed by atoms with Crippen LogP contribution in [0.3, 0.4) is 0 Å². The Morgan fingerprint density at radius 3 is 2.94 bits per heavy atom. The molecule has 1 nitrogen and oxygen atoms in total. The van der Waals surface area contributed by atoms with E-state index >= 15 is 0 Å². The lowest BCUT2D eigenvalue weighted by Crippen LogP contribution is -2.16. The van der Waals surface area contributed by atoms with Crippen molar-refractivity contribution in [3.8, 4) is 11.8 Å². The molecule has 16 heavy (non-hydrogen) atoms. The van der Waals surface area contributed by atoms with Gasteiger partial charge in [-0.25, -0.2) is 0 Å². The van der Waals surface area contributed by atoms with Crippen LogP contribution in [0.25, 0.3) is 0 Å². The molecule has 2 heteroatoms. The summed E-state index contributed by atoms with van der Waals surface area (Å²) in [5.41, 5.74) is 0.176. The van der Waals surface area contributed by atoms with Crippen molar-refractivity contribution in [2.24, 2.45) is 0 Å². The molecule has 0 saturated heterocycles. The Balaban J connectivity index is 2.14. The number of hydrogen-bond donors (Lipinski definition) is 1. The zero-order chi connectivity index (χ0) is 11.4. The van der Waals surface area contributed by atoms with Crippen molar-refractivity contribution in [2.45, 2.75) is 38.2 Å². The van der Waals surface area contributed by atoms with Gasteiger partial charge in [0.1, 0.15) is 0 Å². The van der Waals surface area contributed by atoms with Crippen LogP contribution in [0.4, 0.5) is 0 Å². The summed E-state index contributed by atoms with van der Waals surface area (Å²) in [6.45, 7) is 1.76. The molecule has 0 aromatic carbocycles. The average Bonchev–Trinajstić information content (AvgIpc) is 2.82. The third-order valence-electron chi connectivity index (χ3n) is 2.76. The number of aliphatic hydroxyl groups is 1. The van der Waals surface area contributed by atoms with E-state index in [1.807, 2.05) is 17.5 Å². The van der Waals surface area contributed by atoms with Gasteiger partial charge in [0.05, 0.1) is 0 Å². The van der Waals surface area contributed by atoms with E-state index in [4.69, 9.17) is 0 Å². The molecule has 0 amide bonds. The molecule has 1 aliphatic carbocycles. The molecular formula is C14H16OS. The Hall–Kier alpha value is -1.04. The predicted octanol–water partition coefficient (Wildman–Crippen LogP) is 3.46. The average molecular weight is 232 g/mol. The van der Waals surface area contributed by atoms with Gasteiger partial charge in [-0.1, -0.05) is 24.0 Å². The normalized spacial score (nSPS) is 19.2. The first-order valence-electron chi connectivity index (χ1n) is 5.67. The first-order valence-corrected chi connectivity index (χ1v) is 6.55. The Morgan fingerprint density at radius 1 is 1.44 bits per heavy atom. The predicted molar refractivity (Wildman–Crippen MR) is 68.2 cm³/mol. The minimum atomic E-state index is -1.01. The fraction of sp³-hybridized carbons (Fsp3) is 0.429. The fourth-order valence-corrected chi connectivity index (χ4v) is 2.51. The summed E-state index contributed by atoms with van der Waals surface area (Å²) >= 11 is 1.54. The third kappa shape index (κ3) is 2.75. The maximum atomic E-state index is 10.2. The van der Waals surface area contributed by atoms with Crippen LogP contribution >= 0.6 is 11.3 Å². The minimum absolute atomic E-state index is 0.913. The van der Waals surface area contributed by atoms with Crippen molar-refractivity contribution in [3.05, 3.63) is 34.0 Å². The first-order chi connectivity index (χ1) is 7.68. The van der Waals surface area contributed by atoms with Gasteiger partial charge in [0.2, 0.25) is 0 Å². The van der Waals surface area contributed by atoms with Crippen molar-refractivity contribution in [1.82, 2.24) is 0 Å². The van der Waals surface area contributed by atoms with Crippen molar-refractivity contribution >= 4 is 11.3 Å². The zero-order valence-corrected chi connectivity index (χ0v) is 10.3. The van der Waals surface area contributed by atoms with Gasteiger partial charge in [-0.2, -0.15) is 0 Å². The van der Waals surface area contributed by atoms with Crippen LogP contribution < -0.4 is 0 Å². The van der Waals surface area contributed by atoms with Crippen LogP contribution in [0.2, 0.25) is 0 Å². The highest BCUT2D eigenvalue weighted by atomic mass is 32.1. The van der Waals surface area contributed by atoms with Crippen LogP contribution in [0.1, 0.15) is 37.5 Å². The van der Waals surface area contributed by atoms with E-state index in [0.29, 0.717) is 0 Å². The van der Waals surface area contributed by atoms with Crippen molar-refractivity contribution in [3.63, 3.8) is 0 Å². The van der Waals surface area contributed by atoms with E-state index in [1.54, 1.807) is 18.3 Å². The van der Waals surface area contributed by atoms with Gasteiger partial charge in [0.15, 0.2) is 5.60 Å². The Kier molecular flexibility index (Phi) is 3.48. The van der Waals surface area contributed by atoms with Gasteiger partial charge in [0.25, 0.3) is 0 Å². The van der Waals surface area contributed by atoms with E-state index in [-0.39, 0.29) is 0 Å². The van der Waals surface area contributed by atoms with Crippen molar-refractivity contribution < 1.29 is 5.11 Å². The Morgan fingerprint density at radius 2 is 2.31 bits per heavy atom. The third-order valence-corrected chi connectivity index (χ3v) is 3.84. The highest BCUT2D eigenvalue weighted by molar-refractivity contribution is 7.10. The van der Waals surface area contributed by atoms with Gasteiger partial charge in [0, 0.05) is 4.88 Å². The topological polar surface area (TPSA) is 20.2 Å². The van der Waals surface area contributed by atoms with Gasteiger partial charge in [-0.3, -0.25) is 0 Å². The molecule has 1 aliphatic rings. The summed E-state index contributed by atoms with van der Waals surface area (Å²) in [5, 5.41) is 12.2. The quantitative estimate of drug-likeness (QED) is 0.735. The van der Waals surface area contributed by atoms with Crippen LogP contribution in [0, 0.1) is 11.8 Å². The maximum Gasteiger partial charge on any atom is 0.157 e. The molecule has 0 fully saturated rings. The molecule has 0 bridgehead atoms. The fourth-order valence-electron chi connectivity index (χ4n) is 1.77. The van der Waals surface area contributed by atoms with Crippen LogP contribution in [0.15, 0.2) is 29.2 Å². The molecule has 0 aliphatic heterocycles. The number of thiophene rings is 1. The number of rotatable bonds is 1. The lowest BCUT2D eigenvalue weighted by Gasteiger charge is -2.14. The molecule has 0 radical (unpaired) electrons. The van der Waals surface area contributed by atoms with Crippen molar-refractivity contribution in [2.75, 3.05) is 0 Å². The van der Waals surface area contributed by atoms with Crippen LogP contribution in [-0.2, 0) is 5.60 Å². The summed E-state index contributed by atoms with van der Waals surface area (Å²) in [7, 11) is 0. The molecule has 1 heterocycles. The summed E-state index contributed by atoms with van der Waals surface area (Å²) < 4.78 is 0. The second kappa shape index (κ2) is 4.86. The molecule has 1 aromatic rings. The second-order valence-corrected chi connectivity index (χ2v) is 5.22. The molecule has 0 saturated carbocycles. The van der Waals surface area contributed by atoms with Gasteiger partial charge in [-0.15, -0.1) is 11.3 Å². The monoisotopic (exact) mass is 232 g/mol. The summed E-state index contributed by atoms with van der Waals surface area (Å²) in [6, 6.07) is 3.87. The Labute approximate surface area is 101 Å². The van der Waals surface area contributed by atoms with E-state index in [0.717, 1.165) is 17.7 Å². The summed E-state index contributed by atoms with van der Waals surface area (Å²) in [6.07, 6.45) is 6.88. The molecule has 1 atom stereocenters. The zero-order valence-electron chi connectivity index (χ0n) is 9.49. The SMILES string of the molecule is CC(O)(C#CC1=CCCCC1)c1cccs1. The van der Waals surface area contributed by atoms with Gasteiger partial charge < -0.3 is 5.11 Å². The standard InChI is InChI=1S/C14H16OS/c1-14(15,13-8-5-11-16-13)10-9-12-6-3-2-4-7-12/h5-6,8,11,15H,2-4,7H2,1H3. The Bertz CT molecular complexity index is 429. The van der Waals surface area contributed by atoms with E-state index in [9.17, 15) is 5.11 Å². The lowest BCUT2D eigenvalue weighted by molar-refractivity contribution is 0.126. The van der Waals surface area contributed by atoms with E-state index < -0.39 is 5.60 Å². The van der Waals surface area contributed by atoms with Gasteiger partial charge in [-0.05, 0) is 49.6 Å². The van der Waals surface area contributed by atoms with E-state index in [1.165, 1.54) is 18.4 Å². The molecule has 0 spiro atoms. The highest BCUT2D eigenvalue weighted by Crippen LogP contribution is 2.25. The second-order valence-electron chi connectivity index (χ2n) is 4.27. The first kappa shape index (κ1) is 11.4. The largest absolute Gasteiger partial charge is 0.373 e. The smallest absolute Gasteiger partial charge is 0.157 e. The molecular weight excluding hydrogens is 216 g/mol. The number of hydrogen-bond acceptors (Lipinski definition) is 2. The van der Waals surface area contributed by atoms with Crippen LogP contribution in [0.5, 0.6) is 0 Å². The van der Waals surface area contributed by atoms with Crippen LogP contribution in [-0.4, -0.2) is 5.11 Å². The number of allylic oxidation sites excluding steroid dienone is 2. The molecule has 2 rings (SSSR count). The lowest BCUT2D eigenvalue weighted by atomic mass is 9.98. The molecule has 1 unspecified atom stereocenters. The van der Waals surface area contributed by atoms with Gasteiger partial charge >= 0.3 is 0 Å². The minimum Gasteiger partial charge on any atom is -0.373 e. The maximum absolute atomic E-state index is 10.2. The molecule has 84 valence electrons.